The highest BCUT2D eigenvalue weighted by atomic mass is 15.4. The zero-order valence-corrected chi connectivity index (χ0v) is 12.7. The normalized spacial score (nSPS) is 14.4. The molecule has 2 heterocycles. The highest BCUT2D eigenvalue weighted by Crippen LogP contribution is 2.32. The molecule has 0 unspecified atom stereocenters. The lowest BCUT2D eigenvalue weighted by atomic mass is 10.1. The molecule has 0 N–H and O–H groups in total. The second-order valence-electron chi connectivity index (χ2n) is 5.82. The predicted octanol–water partition coefficient (Wildman–Crippen LogP) is 3.03. The number of nitrogens with zero attached hydrogens (tertiary/aromatic N) is 5. The van der Waals surface area contributed by atoms with Crippen molar-refractivity contribution in [1.82, 2.24) is 19.6 Å². The van der Waals surface area contributed by atoms with Crippen molar-refractivity contribution in [2.24, 2.45) is 5.92 Å². The lowest BCUT2D eigenvalue weighted by molar-refractivity contribution is 0.714. The molecule has 1 fully saturated rings. The minimum Gasteiger partial charge on any atom is -0.356 e. The van der Waals surface area contributed by atoms with Gasteiger partial charge in [-0.25, -0.2) is 4.98 Å². The fourth-order valence-electron chi connectivity index (χ4n) is 2.78. The van der Waals surface area contributed by atoms with E-state index < -0.39 is 0 Å². The van der Waals surface area contributed by atoms with E-state index in [0.717, 1.165) is 36.1 Å². The summed E-state index contributed by atoms with van der Waals surface area (Å²) in [5.41, 5.74) is 2.06. The molecule has 22 heavy (non-hydrogen) atoms. The van der Waals surface area contributed by atoms with E-state index in [1.54, 1.807) is 6.33 Å². The van der Waals surface area contributed by atoms with Crippen molar-refractivity contribution in [2.75, 3.05) is 18.0 Å². The van der Waals surface area contributed by atoms with E-state index in [1.807, 2.05) is 22.7 Å². The lowest BCUT2D eigenvalue weighted by Crippen LogP contribution is -2.27. The third-order valence-corrected chi connectivity index (χ3v) is 4.18. The predicted molar refractivity (Wildman–Crippen MR) is 86.8 cm³/mol. The van der Waals surface area contributed by atoms with Crippen LogP contribution in [0.25, 0.3) is 17.0 Å². The van der Waals surface area contributed by atoms with Gasteiger partial charge < -0.3 is 4.90 Å². The van der Waals surface area contributed by atoms with Crippen molar-refractivity contribution >= 4 is 11.6 Å². The summed E-state index contributed by atoms with van der Waals surface area (Å²) in [5.74, 6) is 2.56. The van der Waals surface area contributed by atoms with Crippen molar-refractivity contribution in [1.29, 1.82) is 0 Å². The van der Waals surface area contributed by atoms with Crippen molar-refractivity contribution in [3.63, 3.8) is 0 Å². The van der Waals surface area contributed by atoms with Crippen LogP contribution in [0.15, 0.2) is 42.7 Å². The van der Waals surface area contributed by atoms with E-state index in [0.29, 0.717) is 5.78 Å². The van der Waals surface area contributed by atoms with Crippen LogP contribution in [0.5, 0.6) is 0 Å². The molecule has 4 rings (SSSR count). The summed E-state index contributed by atoms with van der Waals surface area (Å²) in [7, 11) is 0. The van der Waals surface area contributed by atoms with Crippen LogP contribution >= 0.6 is 0 Å². The van der Waals surface area contributed by atoms with Crippen LogP contribution in [0, 0.1) is 5.92 Å². The molecule has 0 aliphatic heterocycles. The second-order valence-corrected chi connectivity index (χ2v) is 5.82. The summed E-state index contributed by atoms with van der Waals surface area (Å²) in [5, 5.41) is 4.35. The fraction of sp³-hybridized carbons (Fsp3) is 0.353. The first-order chi connectivity index (χ1) is 10.8. The Bertz CT molecular complexity index is 776. The van der Waals surface area contributed by atoms with Crippen LogP contribution in [0.3, 0.4) is 0 Å². The topological polar surface area (TPSA) is 46.3 Å². The number of hydrogen-bond donors (Lipinski definition) is 0. The van der Waals surface area contributed by atoms with Gasteiger partial charge in [-0.05, 0) is 25.7 Å². The number of benzene rings is 1. The number of fused-ring (bicyclic) bond motifs is 1. The molecule has 3 aromatic rings. The van der Waals surface area contributed by atoms with Crippen LogP contribution in [0.1, 0.15) is 19.8 Å². The first kappa shape index (κ1) is 13.2. The molecule has 1 saturated carbocycles. The maximum Gasteiger partial charge on any atom is 0.254 e. The highest BCUT2D eigenvalue weighted by molar-refractivity contribution is 5.65. The summed E-state index contributed by atoms with van der Waals surface area (Å²) in [4.78, 5) is 11.3. The Morgan fingerprint density at radius 2 is 2.05 bits per heavy atom. The van der Waals surface area contributed by atoms with Gasteiger partial charge >= 0.3 is 0 Å². The Morgan fingerprint density at radius 1 is 1.23 bits per heavy atom. The standard InChI is InChI=1S/C17H19N5/c1-2-21(11-13-8-9-13)16-10-15(14-6-4-3-5-7-14)20-17-18-12-19-22(16)17/h3-7,10,12-13H,2,8-9,11H2,1H3. The van der Waals surface area contributed by atoms with Gasteiger partial charge in [0, 0.05) is 24.7 Å². The summed E-state index contributed by atoms with van der Waals surface area (Å²) < 4.78 is 1.85. The third kappa shape index (κ3) is 2.43. The summed E-state index contributed by atoms with van der Waals surface area (Å²) in [6.45, 7) is 4.24. The van der Waals surface area contributed by atoms with Gasteiger partial charge in [0.25, 0.3) is 5.78 Å². The van der Waals surface area contributed by atoms with Crippen LogP contribution in [0.2, 0.25) is 0 Å². The lowest BCUT2D eigenvalue weighted by Gasteiger charge is -2.23. The monoisotopic (exact) mass is 293 g/mol. The van der Waals surface area contributed by atoms with Gasteiger partial charge in [0.05, 0.1) is 5.69 Å². The van der Waals surface area contributed by atoms with Crippen molar-refractivity contribution < 1.29 is 0 Å². The summed E-state index contributed by atoms with van der Waals surface area (Å²) in [6, 6.07) is 12.4. The molecule has 1 aliphatic rings. The first-order valence-corrected chi connectivity index (χ1v) is 7.86. The van der Waals surface area contributed by atoms with E-state index >= 15 is 0 Å². The zero-order chi connectivity index (χ0) is 14.9. The quantitative estimate of drug-likeness (QED) is 0.725. The van der Waals surface area contributed by atoms with Gasteiger partial charge in [-0.1, -0.05) is 30.3 Å². The fourth-order valence-corrected chi connectivity index (χ4v) is 2.78. The largest absolute Gasteiger partial charge is 0.356 e. The minimum atomic E-state index is 0.658. The molecule has 0 amide bonds. The first-order valence-electron chi connectivity index (χ1n) is 7.86. The van der Waals surface area contributed by atoms with Crippen molar-refractivity contribution in [2.45, 2.75) is 19.8 Å². The Labute approximate surface area is 129 Å². The molecule has 5 nitrogen and oxygen atoms in total. The van der Waals surface area contributed by atoms with E-state index in [-0.39, 0.29) is 0 Å². The number of hydrogen-bond acceptors (Lipinski definition) is 4. The highest BCUT2D eigenvalue weighted by Gasteiger charge is 2.25. The number of aromatic nitrogens is 4. The van der Waals surface area contributed by atoms with Gasteiger partial charge in [-0.2, -0.15) is 14.6 Å². The molecular formula is C17H19N5. The number of anilines is 1. The van der Waals surface area contributed by atoms with Gasteiger partial charge in [0.2, 0.25) is 0 Å². The average Bonchev–Trinajstić information content (AvgIpc) is 3.26. The van der Waals surface area contributed by atoms with E-state index in [2.05, 4.69) is 45.1 Å². The average molecular weight is 293 g/mol. The van der Waals surface area contributed by atoms with E-state index in [9.17, 15) is 0 Å². The molecule has 1 aliphatic carbocycles. The minimum absolute atomic E-state index is 0.658. The molecular weight excluding hydrogens is 274 g/mol. The van der Waals surface area contributed by atoms with Gasteiger partial charge in [-0.3, -0.25) is 0 Å². The van der Waals surface area contributed by atoms with E-state index in [4.69, 9.17) is 0 Å². The molecule has 1 aromatic carbocycles. The molecule has 5 heteroatoms. The summed E-state index contributed by atoms with van der Waals surface area (Å²) in [6.07, 6.45) is 4.26. The zero-order valence-electron chi connectivity index (χ0n) is 12.7. The second kappa shape index (κ2) is 5.40. The maximum absolute atomic E-state index is 4.64. The third-order valence-electron chi connectivity index (χ3n) is 4.18. The maximum atomic E-state index is 4.64. The number of rotatable bonds is 5. The molecule has 0 radical (unpaired) electrons. The Morgan fingerprint density at radius 3 is 2.77 bits per heavy atom. The Kier molecular flexibility index (Phi) is 3.25. The van der Waals surface area contributed by atoms with Gasteiger partial charge in [-0.15, -0.1) is 0 Å². The smallest absolute Gasteiger partial charge is 0.254 e. The van der Waals surface area contributed by atoms with Gasteiger partial charge in [0.15, 0.2) is 0 Å². The van der Waals surface area contributed by atoms with Crippen LogP contribution in [-0.2, 0) is 0 Å². The van der Waals surface area contributed by atoms with Crippen molar-refractivity contribution in [3.8, 4) is 11.3 Å². The molecule has 0 atom stereocenters. The van der Waals surface area contributed by atoms with Crippen LogP contribution in [-0.4, -0.2) is 32.7 Å². The summed E-state index contributed by atoms with van der Waals surface area (Å²) >= 11 is 0. The van der Waals surface area contributed by atoms with Gasteiger partial charge in [0.1, 0.15) is 12.1 Å². The molecule has 0 bridgehead atoms. The van der Waals surface area contributed by atoms with Crippen LogP contribution < -0.4 is 4.90 Å². The Hall–Kier alpha value is -2.43. The molecule has 112 valence electrons. The Balaban J connectivity index is 1.83. The molecule has 0 saturated heterocycles. The van der Waals surface area contributed by atoms with Crippen molar-refractivity contribution in [3.05, 3.63) is 42.7 Å². The van der Waals surface area contributed by atoms with Crippen LogP contribution in [0.4, 0.5) is 5.82 Å². The van der Waals surface area contributed by atoms with E-state index in [1.165, 1.54) is 12.8 Å². The molecule has 0 spiro atoms. The SMILES string of the molecule is CCN(CC1CC1)c1cc(-c2ccccc2)nc2ncnn12. The molecule has 2 aromatic heterocycles.